The van der Waals surface area contributed by atoms with E-state index in [-0.39, 0.29) is 48.7 Å². The fourth-order valence-electron chi connectivity index (χ4n) is 3.71. The molecule has 2 aromatic rings. The lowest BCUT2D eigenvalue weighted by Gasteiger charge is -2.19. The normalized spacial score (nSPS) is 12.8. The van der Waals surface area contributed by atoms with Crippen LogP contribution < -0.4 is 16.4 Å². The maximum atomic E-state index is 12.6. The van der Waals surface area contributed by atoms with Crippen LogP contribution in [-0.4, -0.2) is 55.9 Å². The lowest BCUT2D eigenvalue weighted by molar-refractivity contribution is -0.123. The van der Waals surface area contributed by atoms with Crippen LogP contribution in [0.15, 0.2) is 59.5 Å². The Hall–Kier alpha value is -3.28. The quantitative estimate of drug-likeness (QED) is 0.169. The average Bonchev–Trinajstić information content (AvgIpc) is 2.91. The van der Waals surface area contributed by atoms with E-state index in [1.165, 1.54) is 0 Å². The third kappa shape index (κ3) is 12.9. The van der Waals surface area contributed by atoms with Gasteiger partial charge in [0, 0.05) is 19.4 Å². The fourth-order valence-corrected chi connectivity index (χ4v) is 4.99. The van der Waals surface area contributed by atoms with Gasteiger partial charge in [0.15, 0.2) is 9.84 Å². The van der Waals surface area contributed by atoms with E-state index >= 15 is 0 Å². The number of nitrogens with one attached hydrogen (secondary N) is 2. The Kier molecular flexibility index (Phi) is 13.6. The maximum absolute atomic E-state index is 12.6. The molecule has 0 aliphatic rings. The van der Waals surface area contributed by atoms with E-state index < -0.39 is 34.1 Å². The predicted octanol–water partition coefficient (Wildman–Crippen LogP) is 2.76. The van der Waals surface area contributed by atoms with Crippen LogP contribution in [0.5, 0.6) is 0 Å². The highest BCUT2D eigenvalue weighted by atomic mass is 32.2. The molecule has 0 fully saturated rings. The van der Waals surface area contributed by atoms with Crippen molar-refractivity contribution in [1.29, 1.82) is 0 Å². The second-order valence-electron chi connectivity index (χ2n) is 9.43. The summed E-state index contributed by atoms with van der Waals surface area (Å²) in [6.07, 6.45) is 0.437. The Morgan fingerprint density at radius 1 is 0.949 bits per heavy atom. The van der Waals surface area contributed by atoms with Gasteiger partial charge >= 0.3 is 6.09 Å². The van der Waals surface area contributed by atoms with Crippen molar-refractivity contribution in [2.75, 3.05) is 12.3 Å². The van der Waals surface area contributed by atoms with E-state index in [2.05, 4.69) is 10.6 Å². The van der Waals surface area contributed by atoms with Gasteiger partial charge in [0.05, 0.1) is 10.6 Å². The highest BCUT2D eigenvalue weighted by molar-refractivity contribution is 7.91. The van der Waals surface area contributed by atoms with Crippen LogP contribution in [-0.2, 0) is 30.8 Å². The number of hydrogen-bond acceptors (Lipinski definition) is 8. The number of nitrogens with two attached hydrogens (primary N) is 1. The molecular formula is C28H39N3O7S. The minimum atomic E-state index is -3.50. The monoisotopic (exact) mass is 561 g/mol. The Balaban J connectivity index is 1.67. The number of aryl methyl sites for hydroxylation is 1. The second kappa shape index (κ2) is 16.6. The lowest BCUT2D eigenvalue weighted by atomic mass is 10.1. The SMILES string of the molecule is Cc1ccc(S(=O)(=O)CCC(=O)CCCCCNC(=O)[C@H](CCC(N)O)NC(=O)OCc2ccccc2)cc1. The minimum Gasteiger partial charge on any atom is -0.445 e. The van der Waals surface area contributed by atoms with Crippen LogP contribution in [0.2, 0.25) is 0 Å². The third-order valence-corrected chi connectivity index (χ3v) is 7.77. The highest BCUT2D eigenvalue weighted by Crippen LogP contribution is 2.14. The number of carbonyl (C=O) groups is 3. The van der Waals surface area contributed by atoms with Crippen LogP contribution in [0.1, 0.15) is 56.1 Å². The van der Waals surface area contributed by atoms with Crippen LogP contribution in [0, 0.1) is 6.92 Å². The van der Waals surface area contributed by atoms with Gasteiger partial charge in [0.2, 0.25) is 5.91 Å². The number of alkyl carbamates (subject to hydrolysis) is 1. The van der Waals surface area contributed by atoms with Gasteiger partial charge in [-0.2, -0.15) is 0 Å². The zero-order valence-corrected chi connectivity index (χ0v) is 23.1. The fraction of sp³-hybridized carbons (Fsp3) is 0.464. The Morgan fingerprint density at radius 2 is 1.64 bits per heavy atom. The van der Waals surface area contributed by atoms with Crippen molar-refractivity contribution in [3.8, 4) is 0 Å². The summed E-state index contributed by atoms with van der Waals surface area (Å²) in [5.74, 6) is -0.761. The Labute approximate surface area is 230 Å². The first-order valence-electron chi connectivity index (χ1n) is 13.1. The molecule has 11 heteroatoms. The van der Waals surface area contributed by atoms with E-state index in [9.17, 15) is 27.9 Å². The molecule has 0 heterocycles. The lowest BCUT2D eigenvalue weighted by Crippen LogP contribution is -2.47. The van der Waals surface area contributed by atoms with Gasteiger partial charge in [-0.25, -0.2) is 13.2 Å². The molecule has 0 saturated carbocycles. The van der Waals surface area contributed by atoms with Crippen LogP contribution >= 0.6 is 0 Å². The second-order valence-corrected chi connectivity index (χ2v) is 11.5. The van der Waals surface area contributed by atoms with Crippen molar-refractivity contribution in [3.63, 3.8) is 0 Å². The molecule has 5 N–H and O–H groups in total. The standard InChI is InChI=1S/C28H39N3O7S/c1-21-11-13-24(14-12-21)39(36,37)19-17-23(32)10-6-3-7-18-30-27(34)25(15-16-26(29)33)31-28(35)38-20-22-8-4-2-5-9-22/h2,4-5,8-9,11-14,25-26,33H,3,6-7,10,15-20,29H2,1H3,(H,30,34)(H,31,35)/t25-,26?/m0/s1. The Morgan fingerprint density at radius 3 is 2.31 bits per heavy atom. The van der Waals surface area contributed by atoms with E-state index in [1.54, 1.807) is 24.3 Å². The van der Waals surface area contributed by atoms with Gasteiger partial charge in [-0.15, -0.1) is 0 Å². The molecule has 0 saturated heterocycles. The number of aliphatic hydroxyl groups excluding tert-OH is 1. The van der Waals surface area contributed by atoms with Gasteiger partial charge in [-0.1, -0.05) is 54.4 Å². The summed E-state index contributed by atoms with van der Waals surface area (Å²) in [5, 5.41) is 14.6. The number of unbranched alkanes of at least 4 members (excludes halogenated alkanes) is 2. The van der Waals surface area contributed by atoms with E-state index in [1.807, 2.05) is 37.3 Å². The Bertz CT molecular complexity index is 1150. The molecule has 39 heavy (non-hydrogen) atoms. The van der Waals surface area contributed by atoms with Crippen molar-refractivity contribution in [1.82, 2.24) is 10.6 Å². The first-order chi connectivity index (χ1) is 18.6. The summed E-state index contributed by atoms with van der Waals surface area (Å²) < 4.78 is 29.9. The number of amides is 2. The van der Waals surface area contributed by atoms with Gasteiger partial charge in [0.1, 0.15) is 24.7 Å². The van der Waals surface area contributed by atoms with Crippen molar-refractivity contribution in [3.05, 3.63) is 65.7 Å². The maximum Gasteiger partial charge on any atom is 0.408 e. The number of Topliss-reactive ketones (excluding diaryl/α,β-unsaturated/α-hetero) is 1. The highest BCUT2D eigenvalue weighted by Gasteiger charge is 2.22. The molecule has 2 atom stereocenters. The molecule has 10 nitrogen and oxygen atoms in total. The topological polar surface area (TPSA) is 165 Å². The number of aliphatic hydroxyl groups is 1. The molecule has 0 radical (unpaired) electrons. The molecule has 2 rings (SSSR count). The number of benzene rings is 2. The first-order valence-corrected chi connectivity index (χ1v) is 14.7. The molecule has 0 aliphatic heterocycles. The largest absolute Gasteiger partial charge is 0.445 e. The number of ketones is 1. The molecule has 0 aliphatic carbocycles. The van der Waals surface area contributed by atoms with Crippen molar-refractivity contribution in [2.45, 2.75) is 75.6 Å². The summed E-state index contributed by atoms with van der Waals surface area (Å²) >= 11 is 0. The van der Waals surface area contributed by atoms with Crippen molar-refractivity contribution in [2.24, 2.45) is 5.73 Å². The van der Waals surface area contributed by atoms with Gasteiger partial charge in [-0.05, 0) is 50.3 Å². The van der Waals surface area contributed by atoms with E-state index in [0.717, 1.165) is 11.1 Å². The third-order valence-electron chi connectivity index (χ3n) is 6.03. The zero-order valence-electron chi connectivity index (χ0n) is 22.3. The first kappa shape index (κ1) is 31.9. The van der Waals surface area contributed by atoms with Crippen LogP contribution in [0.25, 0.3) is 0 Å². The molecule has 1 unspecified atom stereocenters. The smallest absolute Gasteiger partial charge is 0.408 e. The predicted molar refractivity (Wildman–Crippen MR) is 147 cm³/mol. The number of sulfone groups is 1. The van der Waals surface area contributed by atoms with E-state index in [4.69, 9.17) is 10.5 Å². The summed E-state index contributed by atoms with van der Waals surface area (Å²) in [6.45, 7) is 2.26. The molecule has 214 valence electrons. The number of carbonyl (C=O) groups excluding carboxylic acids is 3. The molecule has 2 aromatic carbocycles. The van der Waals surface area contributed by atoms with Gasteiger partial charge < -0.3 is 26.2 Å². The van der Waals surface area contributed by atoms with Gasteiger partial charge in [-0.3, -0.25) is 9.59 Å². The number of ether oxygens (including phenoxy) is 1. The van der Waals surface area contributed by atoms with Crippen LogP contribution in [0.3, 0.4) is 0 Å². The summed E-state index contributed by atoms with van der Waals surface area (Å²) in [6, 6.07) is 14.7. The van der Waals surface area contributed by atoms with E-state index in [0.29, 0.717) is 25.8 Å². The number of rotatable bonds is 17. The molecule has 0 spiro atoms. The number of hydrogen-bond donors (Lipinski definition) is 4. The van der Waals surface area contributed by atoms with Crippen LogP contribution in [0.4, 0.5) is 4.79 Å². The summed E-state index contributed by atoms with van der Waals surface area (Å²) in [4.78, 5) is 37.2. The van der Waals surface area contributed by atoms with Crippen molar-refractivity contribution >= 4 is 27.6 Å². The summed E-state index contributed by atoms with van der Waals surface area (Å²) in [7, 11) is -3.50. The minimum absolute atomic E-state index is 0.0341. The molecule has 0 bridgehead atoms. The van der Waals surface area contributed by atoms with Gasteiger partial charge in [0.25, 0.3) is 0 Å². The average molecular weight is 562 g/mol. The molecule has 0 aromatic heterocycles. The summed E-state index contributed by atoms with van der Waals surface area (Å²) in [5.41, 5.74) is 7.15. The van der Waals surface area contributed by atoms with Crippen molar-refractivity contribution < 1.29 is 32.6 Å². The molecular weight excluding hydrogens is 522 g/mol. The molecule has 2 amide bonds. The zero-order chi connectivity index (χ0) is 28.7.